The molecule has 132 valence electrons. The molecule has 3 aromatic carbocycles. The van der Waals surface area contributed by atoms with Crippen LogP contribution < -0.4 is 4.72 Å². The number of hydrogen-bond acceptors (Lipinski definition) is 2. The second-order valence-electron chi connectivity index (χ2n) is 5.95. The molecule has 0 unspecified atom stereocenters. The molecule has 0 saturated carbocycles. The fourth-order valence-electron chi connectivity index (χ4n) is 2.56. The van der Waals surface area contributed by atoms with Gasteiger partial charge in [-0.1, -0.05) is 70.5 Å². The lowest BCUT2D eigenvalue weighted by atomic mass is 9.98. The van der Waals surface area contributed by atoms with Crippen LogP contribution in [-0.4, -0.2) is 8.42 Å². The molecule has 0 radical (unpaired) electrons. The summed E-state index contributed by atoms with van der Waals surface area (Å²) in [6.45, 7) is 6.07. The number of rotatable bonds is 5. The highest BCUT2D eigenvalue weighted by molar-refractivity contribution is 9.10. The van der Waals surface area contributed by atoms with Gasteiger partial charge in [0.25, 0.3) is 10.0 Å². The predicted octanol–water partition coefficient (Wildman–Crippen LogP) is 5.62. The highest BCUT2D eigenvalue weighted by Crippen LogP contribution is 2.30. The molecule has 0 bridgehead atoms. The van der Waals surface area contributed by atoms with Crippen LogP contribution in [0.1, 0.15) is 16.7 Å². The summed E-state index contributed by atoms with van der Waals surface area (Å²) in [6, 6.07) is 21.8. The number of hydrogen-bond donors (Lipinski definition) is 1. The third-order valence-electron chi connectivity index (χ3n) is 4.02. The van der Waals surface area contributed by atoms with Crippen LogP contribution >= 0.6 is 15.9 Å². The molecule has 1 N–H and O–H groups in total. The minimum atomic E-state index is -3.67. The van der Waals surface area contributed by atoms with Crippen LogP contribution in [0.3, 0.4) is 0 Å². The van der Waals surface area contributed by atoms with Gasteiger partial charge in [-0.25, -0.2) is 8.42 Å². The van der Waals surface area contributed by atoms with Crippen molar-refractivity contribution in [2.24, 2.45) is 0 Å². The summed E-state index contributed by atoms with van der Waals surface area (Å²) in [7, 11) is -3.67. The molecule has 3 rings (SSSR count). The maximum Gasteiger partial charge on any atom is 0.261 e. The quantitative estimate of drug-likeness (QED) is 0.574. The molecule has 0 amide bonds. The number of halogens is 1. The summed E-state index contributed by atoms with van der Waals surface area (Å²) in [5.41, 5.74) is 3.93. The Morgan fingerprint density at radius 3 is 2.19 bits per heavy atom. The van der Waals surface area contributed by atoms with Gasteiger partial charge in [-0.05, 0) is 48.4 Å². The van der Waals surface area contributed by atoms with E-state index in [2.05, 4.69) is 27.2 Å². The standard InChI is InChI=1S/C21H18BrNO2S/c1-15-7-13-19(14-8-15)26(24,25)23-21-6-4-3-5-20(21)16(2)17-9-11-18(22)12-10-17/h3-14,23H,2H2,1H3. The van der Waals surface area contributed by atoms with E-state index in [1.54, 1.807) is 36.4 Å². The number of sulfonamides is 1. The van der Waals surface area contributed by atoms with E-state index >= 15 is 0 Å². The van der Waals surface area contributed by atoms with Gasteiger partial charge in [-0.15, -0.1) is 0 Å². The van der Waals surface area contributed by atoms with Crippen molar-refractivity contribution in [1.29, 1.82) is 0 Å². The van der Waals surface area contributed by atoms with Gasteiger partial charge in [-0.2, -0.15) is 0 Å². The van der Waals surface area contributed by atoms with E-state index in [4.69, 9.17) is 0 Å². The lowest BCUT2D eigenvalue weighted by Crippen LogP contribution is -2.14. The predicted molar refractivity (Wildman–Crippen MR) is 111 cm³/mol. The largest absolute Gasteiger partial charge is 0.279 e. The Balaban J connectivity index is 1.95. The average Bonchev–Trinajstić information content (AvgIpc) is 2.62. The van der Waals surface area contributed by atoms with E-state index in [1.165, 1.54) is 0 Å². The van der Waals surface area contributed by atoms with Gasteiger partial charge >= 0.3 is 0 Å². The second kappa shape index (κ2) is 7.48. The van der Waals surface area contributed by atoms with Gasteiger partial charge in [0.15, 0.2) is 0 Å². The molecule has 0 atom stereocenters. The van der Waals surface area contributed by atoms with Crippen molar-refractivity contribution in [3.8, 4) is 0 Å². The summed E-state index contributed by atoms with van der Waals surface area (Å²) in [5, 5.41) is 0. The second-order valence-corrected chi connectivity index (χ2v) is 8.55. The van der Waals surface area contributed by atoms with Crippen LogP contribution in [0.25, 0.3) is 5.57 Å². The molecular formula is C21H18BrNO2S. The van der Waals surface area contributed by atoms with E-state index in [0.29, 0.717) is 5.69 Å². The molecule has 0 heterocycles. The van der Waals surface area contributed by atoms with Crippen LogP contribution in [0.5, 0.6) is 0 Å². The molecule has 5 heteroatoms. The van der Waals surface area contributed by atoms with E-state index in [1.807, 2.05) is 43.3 Å². The van der Waals surface area contributed by atoms with E-state index < -0.39 is 10.0 Å². The normalized spacial score (nSPS) is 11.2. The Morgan fingerprint density at radius 2 is 1.54 bits per heavy atom. The average molecular weight is 428 g/mol. The number of benzene rings is 3. The van der Waals surface area contributed by atoms with E-state index in [0.717, 1.165) is 26.7 Å². The Morgan fingerprint density at radius 1 is 0.923 bits per heavy atom. The van der Waals surface area contributed by atoms with Crippen LogP contribution in [0.2, 0.25) is 0 Å². The van der Waals surface area contributed by atoms with E-state index in [-0.39, 0.29) is 4.90 Å². The Bertz CT molecular complexity index is 1040. The van der Waals surface area contributed by atoms with Crippen LogP contribution in [0, 0.1) is 6.92 Å². The maximum absolute atomic E-state index is 12.7. The minimum absolute atomic E-state index is 0.229. The summed E-state index contributed by atoms with van der Waals surface area (Å²) < 4.78 is 29.1. The smallest absolute Gasteiger partial charge is 0.261 e. The highest BCUT2D eigenvalue weighted by atomic mass is 79.9. The SMILES string of the molecule is C=C(c1ccc(Br)cc1)c1ccccc1NS(=O)(=O)c1ccc(C)cc1. The van der Waals surface area contributed by atoms with Crippen LogP contribution in [-0.2, 0) is 10.0 Å². The Labute approximate surface area is 162 Å². The van der Waals surface area contributed by atoms with Gasteiger partial charge in [-0.3, -0.25) is 4.72 Å². The number of nitrogens with one attached hydrogen (secondary N) is 1. The lowest BCUT2D eigenvalue weighted by molar-refractivity contribution is 0.601. The maximum atomic E-state index is 12.7. The Kier molecular flexibility index (Phi) is 5.30. The van der Waals surface area contributed by atoms with Crippen molar-refractivity contribution in [3.63, 3.8) is 0 Å². The molecule has 0 fully saturated rings. The first-order valence-corrected chi connectivity index (χ1v) is 10.3. The fourth-order valence-corrected chi connectivity index (χ4v) is 3.91. The van der Waals surface area contributed by atoms with Gasteiger partial charge in [0, 0.05) is 10.0 Å². The zero-order chi connectivity index (χ0) is 18.7. The summed E-state index contributed by atoms with van der Waals surface area (Å²) in [6.07, 6.45) is 0. The van der Waals surface area contributed by atoms with Crippen molar-refractivity contribution < 1.29 is 8.42 Å². The monoisotopic (exact) mass is 427 g/mol. The molecular weight excluding hydrogens is 410 g/mol. The first-order valence-electron chi connectivity index (χ1n) is 8.00. The molecule has 0 aromatic heterocycles. The molecule has 0 spiro atoms. The summed E-state index contributed by atoms with van der Waals surface area (Å²) in [4.78, 5) is 0.229. The lowest BCUT2D eigenvalue weighted by Gasteiger charge is -2.15. The first-order chi connectivity index (χ1) is 12.4. The minimum Gasteiger partial charge on any atom is -0.279 e. The fraction of sp³-hybridized carbons (Fsp3) is 0.0476. The molecule has 0 aliphatic heterocycles. The number of anilines is 1. The number of aryl methyl sites for hydroxylation is 1. The van der Waals surface area contributed by atoms with Crippen LogP contribution in [0.4, 0.5) is 5.69 Å². The molecule has 3 aromatic rings. The Hall–Kier alpha value is -2.37. The summed E-state index contributed by atoms with van der Waals surface area (Å²) in [5.74, 6) is 0. The van der Waals surface area contributed by atoms with Gasteiger partial charge in [0.05, 0.1) is 10.6 Å². The van der Waals surface area contributed by atoms with Crippen molar-refractivity contribution in [2.75, 3.05) is 4.72 Å². The first kappa shape index (κ1) is 18.4. The molecule has 0 aliphatic rings. The third kappa shape index (κ3) is 4.06. The zero-order valence-corrected chi connectivity index (χ0v) is 16.6. The molecule has 26 heavy (non-hydrogen) atoms. The molecule has 3 nitrogen and oxygen atoms in total. The molecule has 0 aliphatic carbocycles. The molecule has 0 saturated heterocycles. The summed E-state index contributed by atoms with van der Waals surface area (Å²) >= 11 is 3.41. The zero-order valence-electron chi connectivity index (χ0n) is 14.2. The topological polar surface area (TPSA) is 46.2 Å². The number of para-hydroxylation sites is 1. The van der Waals surface area contributed by atoms with Gasteiger partial charge in [0.1, 0.15) is 0 Å². The van der Waals surface area contributed by atoms with Crippen LogP contribution in [0.15, 0.2) is 88.7 Å². The van der Waals surface area contributed by atoms with Crippen molar-refractivity contribution in [3.05, 3.63) is 101 Å². The van der Waals surface area contributed by atoms with Crippen molar-refractivity contribution in [2.45, 2.75) is 11.8 Å². The highest BCUT2D eigenvalue weighted by Gasteiger charge is 2.17. The van der Waals surface area contributed by atoms with Crippen molar-refractivity contribution in [1.82, 2.24) is 0 Å². The van der Waals surface area contributed by atoms with Gasteiger partial charge < -0.3 is 0 Å². The van der Waals surface area contributed by atoms with E-state index in [9.17, 15) is 8.42 Å². The third-order valence-corrected chi connectivity index (χ3v) is 5.93. The van der Waals surface area contributed by atoms with Crippen molar-refractivity contribution >= 4 is 37.2 Å². The van der Waals surface area contributed by atoms with Gasteiger partial charge in [0.2, 0.25) is 0 Å².